The summed E-state index contributed by atoms with van der Waals surface area (Å²) in [5.74, 6) is -0.891. The quantitative estimate of drug-likeness (QED) is 0.338. The first-order valence-corrected chi connectivity index (χ1v) is 8.66. The van der Waals surface area contributed by atoms with E-state index in [2.05, 4.69) is 0 Å². The van der Waals surface area contributed by atoms with Gasteiger partial charge in [-0.3, -0.25) is 14.5 Å². The number of pyridine rings is 2. The van der Waals surface area contributed by atoms with Crippen LogP contribution in [0.3, 0.4) is 0 Å². The van der Waals surface area contributed by atoms with Crippen molar-refractivity contribution in [2.45, 2.75) is 0 Å². The fraction of sp³-hybridized carbons (Fsp3) is 0.0952. The van der Waals surface area contributed by atoms with E-state index in [1.165, 1.54) is 7.05 Å². The average molecular weight is 372 g/mol. The van der Waals surface area contributed by atoms with Gasteiger partial charge in [0.1, 0.15) is 10.8 Å². The van der Waals surface area contributed by atoms with Crippen molar-refractivity contribution in [1.82, 2.24) is 9.47 Å². The highest BCUT2D eigenvalue weighted by Gasteiger charge is 2.33. The first-order valence-electron chi connectivity index (χ1n) is 8.66. The van der Waals surface area contributed by atoms with Crippen LogP contribution in [0.15, 0.2) is 58.4 Å². The maximum Gasteiger partial charge on any atom is 0.429 e. The Balaban J connectivity index is 2.11. The van der Waals surface area contributed by atoms with Crippen molar-refractivity contribution in [3.8, 4) is 0 Å². The van der Waals surface area contributed by atoms with Gasteiger partial charge in [-0.05, 0) is 24.3 Å². The van der Waals surface area contributed by atoms with Gasteiger partial charge in [-0.2, -0.15) is 0 Å². The summed E-state index contributed by atoms with van der Waals surface area (Å²) in [7, 11) is 3.26. The van der Waals surface area contributed by atoms with Gasteiger partial charge in [0.25, 0.3) is 11.8 Å². The lowest BCUT2D eigenvalue weighted by Gasteiger charge is -2.23. The van der Waals surface area contributed by atoms with E-state index in [9.17, 15) is 19.2 Å². The monoisotopic (exact) mass is 372 g/mol. The Morgan fingerprint density at radius 3 is 1.68 bits per heavy atom. The molecule has 3 heterocycles. The molecule has 1 aliphatic heterocycles. The SMILES string of the molecule is CN1C(=O)c2ccc3c(=O)[n+](=c4ccn(C)cc4)c(=O)c4ccc(c2c34)C1=O. The zero-order chi connectivity index (χ0) is 19.7. The molecule has 0 saturated carbocycles. The number of hydrogen-bond acceptors (Lipinski definition) is 4. The molecule has 0 bridgehead atoms. The summed E-state index contributed by atoms with van der Waals surface area (Å²) in [6, 6.07) is 9.58. The van der Waals surface area contributed by atoms with Crippen LogP contribution in [0.25, 0.3) is 21.5 Å². The second-order valence-corrected chi connectivity index (χ2v) is 6.91. The number of aryl methyl sites for hydroxylation is 1. The standard InChI is InChI=1S/C21H14N3O4/c1-22-9-7-11(8-10-22)24-20(27)14-5-3-12-16-13(19(26)23(2)18(12)25)4-6-15(17(14)16)21(24)28/h3-10H,1-2H3/q+1. The first-order chi connectivity index (χ1) is 13.4. The first kappa shape index (κ1) is 16.3. The number of imide groups is 1. The molecule has 0 radical (unpaired) electrons. The Hall–Kier alpha value is -3.87. The van der Waals surface area contributed by atoms with E-state index in [-0.39, 0.29) is 0 Å². The number of carbonyl (C=O) groups is 2. The zero-order valence-corrected chi connectivity index (χ0v) is 15.1. The summed E-state index contributed by atoms with van der Waals surface area (Å²) in [5.41, 5.74) is -0.320. The summed E-state index contributed by atoms with van der Waals surface area (Å²) >= 11 is 0. The lowest BCUT2D eigenvalue weighted by molar-refractivity contribution is -0.539. The van der Waals surface area contributed by atoms with Crippen molar-refractivity contribution in [2.75, 3.05) is 7.05 Å². The molecule has 0 aliphatic carbocycles. The molecule has 0 fully saturated rings. The van der Waals surface area contributed by atoms with Crippen molar-refractivity contribution >= 4 is 33.4 Å². The molecule has 2 amide bonds. The van der Waals surface area contributed by atoms with Crippen molar-refractivity contribution in [1.29, 1.82) is 0 Å². The van der Waals surface area contributed by atoms with E-state index in [0.29, 0.717) is 38.0 Å². The second-order valence-electron chi connectivity index (χ2n) is 6.91. The third-order valence-electron chi connectivity index (χ3n) is 5.32. The Morgan fingerprint density at radius 2 is 1.18 bits per heavy atom. The molecule has 1 aliphatic rings. The Bertz CT molecular complexity index is 1460. The highest BCUT2D eigenvalue weighted by atomic mass is 16.2. The van der Waals surface area contributed by atoms with E-state index in [1.54, 1.807) is 53.4 Å². The van der Waals surface area contributed by atoms with Gasteiger partial charge < -0.3 is 4.57 Å². The van der Waals surface area contributed by atoms with Gasteiger partial charge in [0, 0.05) is 60.5 Å². The fourth-order valence-electron chi connectivity index (χ4n) is 3.87. The van der Waals surface area contributed by atoms with Crippen LogP contribution in [0.1, 0.15) is 20.7 Å². The van der Waals surface area contributed by atoms with Gasteiger partial charge in [-0.25, -0.2) is 9.59 Å². The van der Waals surface area contributed by atoms with Crippen LogP contribution in [0.5, 0.6) is 0 Å². The van der Waals surface area contributed by atoms with Gasteiger partial charge in [0.2, 0.25) is 5.36 Å². The van der Waals surface area contributed by atoms with Crippen molar-refractivity contribution in [3.63, 3.8) is 0 Å². The van der Waals surface area contributed by atoms with Gasteiger partial charge in [-0.15, -0.1) is 0 Å². The van der Waals surface area contributed by atoms with Crippen molar-refractivity contribution in [2.24, 2.45) is 7.05 Å². The lowest BCUT2D eigenvalue weighted by atomic mass is 9.90. The van der Waals surface area contributed by atoms with Gasteiger partial charge >= 0.3 is 11.1 Å². The number of hydrogen-bond donors (Lipinski definition) is 0. The van der Waals surface area contributed by atoms with Crippen molar-refractivity contribution in [3.05, 3.63) is 86.0 Å². The third kappa shape index (κ3) is 1.90. The number of carbonyl (C=O) groups excluding carboxylic acids is 2. The molecular weight excluding hydrogens is 358 g/mol. The van der Waals surface area contributed by atoms with Crippen molar-refractivity contribution < 1.29 is 13.8 Å². The zero-order valence-electron chi connectivity index (χ0n) is 15.1. The maximum atomic E-state index is 13.2. The highest BCUT2D eigenvalue weighted by Crippen LogP contribution is 2.33. The van der Waals surface area contributed by atoms with Crippen LogP contribution in [-0.4, -0.2) is 28.3 Å². The molecule has 0 unspecified atom stereocenters. The van der Waals surface area contributed by atoms with E-state index in [4.69, 9.17) is 0 Å². The molecule has 5 rings (SSSR count). The van der Waals surface area contributed by atoms with Gasteiger partial charge in [0.15, 0.2) is 0 Å². The average Bonchev–Trinajstić information content (AvgIpc) is 2.70. The molecule has 2 aromatic heterocycles. The predicted molar refractivity (Wildman–Crippen MR) is 101 cm³/mol. The molecule has 0 atom stereocenters. The van der Waals surface area contributed by atoms with E-state index in [1.807, 2.05) is 7.05 Å². The van der Waals surface area contributed by atoms with Gasteiger partial charge in [-0.1, -0.05) is 4.24 Å². The Morgan fingerprint density at radius 1 is 0.679 bits per heavy atom. The molecule has 0 saturated heterocycles. The minimum atomic E-state index is -0.478. The Kier molecular flexibility index (Phi) is 3.10. The summed E-state index contributed by atoms with van der Waals surface area (Å²) in [6.45, 7) is 0. The summed E-state index contributed by atoms with van der Waals surface area (Å²) < 4.78 is 2.92. The maximum absolute atomic E-state index is 13.2. The van der Waals surface area contributed by atoms with E-state index < -0.39 is 22.9 Å². The van der Waals surface area contributed by atoms with E-state index >= 15 is 0 Å². The van der Waals surface area contributed by atoms with Gasteiger partial charge in [0.05, 0.1) is 0 Å². The molecule has 0 spiro atoms. The van der Waals surface area contributed by atoms with Crippen LogP contribution < -0.4 is 15.4 Å². The summed E-state index contributed by atoms with van der Waals surface area (Å²) in [5, 5.41) is 1.81. The molecule has 136 valence electrons. The largest absolute Gasteiger partial charge is 0.429 e. The minimum Gasteiger partial charge on any atom is -0.357 e. The van der Waals surface area contributed by atoms with Crippen LogP contribution in [-0.2, 0) is 7.05 Å². The van der Waals surface area contributed by atoms with E-state index in [0.717, 1.165) is 9.14 Å². The Labute approximate surface area is 157 Å². The molecule has 0 N–H and O–H groups in total. The molecule has 7 heteroatoms. The highest BCUT2D eigenvalue weighted by molar-refractivity contribution is 6.29. The molecular formula is C21H14N3O4+. The number of aromatic nitrogens is 2. The molecule has 28 heavy (non-hydrogen) atoms. The normalized spacial score (nSPS) is 13.7. The molecule has 2 aromatic carbocycles. The molecule has 4 aromatic rings. The number of benzene rings is 2. The summed E-state index contributed by atoms with van der Waals surface area (Å²) in [6.07, 6.45) is 3.50. The second kappa shape index (κ2) is 5.32. The van der Waals surface area contributed by atoms with Crippen LogP contribution in [0, 0.1) is 5.36 Å². The van der Waals surface area contributed by atoms with Crippen LogP contribution in [0.4, 0.5) is 0 Å². The number of nitrogens with zero attached hydrogens (tertiary/aromatic N) is 3. The predicted octanol–water partition coefficient (Wildman–Crippen LogP) is 0.802. The van der Waals surface area contributed by atoms with Crippen LogP contribution >= 0.6 is 0 Å². The third-order valence-corrected chi connectivity index (χ3v) is 5.32. The van der Waals surface area contributed by atoms with Crippen LogP contribution in [0.2, 0.25) is 0 Å². The number of amides is 2. The minimum absolute atomic E-state index is 0.300. The number of rotatable bonds is 0. The smallest absolute Gasteiger partial charge is 0.357 e. The topological polar surface area (TPSA) is 82.3 Å². The lowest BCUT2D eigenvalue weighted by Crippen LogP contribution is -2.51. The fourth-order valence-corrected chi connectivity index (χ4v) is 3.87. The summed E-state index contributed by atoms with van der Waals surface area (Å²) in [4.78, 5) is 52.5. The molecule has 7 nitrogen and oxygen atoms in total.